The van der Waals surface area contributed by atoms with Crippen LogP contribution >= 0.6 is 11.8 Å². The van der Waals surface area contributed by atoms with Gasteiger partial charge in [0, 0.05) is 13.1 Å². The maximum absolute atomic E-state index is 11.5. The molecule has 6 heteroatoms. The van der Waals surface area contributed by atoms with E-state index in [2.05, 4.69) is 18.5 Å². The Bertz CT molecular complexity index is 333. The van der Waals surface area contributed by atoms with E-state index < -0.39 is 10.0 Å². The maximum atomic E-state index is 11.5. The normalized spacial score (nSPS) is 24.1. The molecule has 1 rings (SSSR count). The van der Waals surface area contributed by atoms with Crippen molar-refractivity contribution in [2.75, 3.05) is 44.4 Å². The minimum atomic E-state index is -3.01. The fraction of sp³-hybridized carbons (Fsp3) is 1.00. The van der Waals surface area contributed by atoms with E-state index in [1.807, 2.05) is 11.8 Å². The third kappa shape index (κ3) is 5.91. The van der Waals surface area contributed by atoms with E-state index in [0.717, 1.165) is 25.9 Å². The number of rotatable bonds is 7. The van der Waals surface area contributed by atoms with Gasteiger partial charge in [-0.15, -0.1) is 0 Å². The number of nitrogens with zero attached hydrogens (tertiary/aromatic N) is 1. The lowest BCUT2D eigenvalue weighted by Crippen LogP contribution is -2.42. The van der Waals surface area contributed by atoms with Gasteiger partial charge in [0.1, 0.15) is 0 Å². The van der Waals surface area contributed by atoms with E-state index in [1.54, 1.807) is 4.31 Å². The van der Waals surface area contributed by atoms with E-state index in [1.165, 1.54) is 12.0 Å². The molecule has 1 heterocycles. The van der Waals surface area contributed by atoms with Gasteiger partial charge in [0.2, 0.25) is 10.0 Å². The van der Waals surface area contributed by atoms with E-state index >= 15 is 0 Å². The van der Waals surface area contributed by atoms with Gasteiger partial charge in [-0.05, 0) is 49.8 Å². The quantitative estimate of drug-likeness (QED) is 0.768. The predicted octanol–water partition coefficient (Wildman–Crippen LogP) is 1.25. The molecular formula is C12H26N2O2S2. The minimum Gasteiger partial charge on any atom is -0.316 e. The van der Waals surface area contributed by atoms with E-state index in [0.29, 0.717) is 24.9 Å². The lowest BCUT2D eigenvalue weighted by Gasteiger charge is -2.31. The van der Waals surface area contributed by atoms with Crippen LogP contribution in [0.15, 0.2) is 0 Å². The zero-order valence-corrected chi connectivity index (χ0v) is 13.3. The van der Waals surface area contributed by atoms with Crippen LogP contribution in [0.5, 0.6) is 0 Å². The Morgan fingerprint density at radius 3 is 2.83 bits per heavy atom. The summed E-state index contributed by atoms with van der Waals surface area (Å²) in [5.41, 5.74) is 0. The molecule has 0 amide bonds. The monoisotopic (exact) mass is 294 g/mol. The van der Waals surface area contributed by atoms with Gasteiger partial charge in [0.05, 0.1) is 6.26 Å². The third-order valence-corrected chi connectivity index (χ3v) is 5.50. The van der Waals surface area contributed by atoms with Gasteiger partial charge in [-0.25, -0.2) is 12.7 Å². The Kier molecular flexibility index (Phi) is 6.98. The molecule has 0 aliphatic carbocycles. The van der Waals surface area contributed by atoms with Crippen LogP contribution in [0.3, 0.4) is 0 Å². The van der Waals surface area contributed by atoms with Crippen LogP contribution < -0.4 is 5.32 Å². The smallest absolute Gasteiger partial charge is 0.211 e. The first-order chi connectivity index (χ1) is 8.43. The molecule has 0 aromatic heterocycles. The number of piperidine rings is 1. The van der Waals surface area contributed by atoms with E-state index in [9.17, 15) is 8.42 Å². The Labute approximate surface area is 116 Å². The molecule has 1 saturated heterocycles. The van der Waals surface area contributed by atoms with E-state index in [4.69, 9.17) is 0 Å². The zero-order chi connectivity index (χ0) is 13.6. The molecule has 0 aromatic rings. The van der Waals surface area contributed by atoms with Crippen molar-refractivity contribution in [2.24, 2.45) is 11.8 Å². The van der Waals surface area contributed by atoms with Crippen LogP contribution in [0.25, 0.3) is 0 Å². The van der Waals surface area contributed by atoms with Crippen molar-refractivity contribution in [1.82, 2.24) is 9.62 Å². The summed E-state index contributed by atoms with van der Waals surface area (Å²) in [5, 5.41) is 3.48. The molecule has 108 valence electrons. The van der Waals surface area contributed by atoms with Gasteiger partial charge in [0.25, 0.3) is 0 Å². The van der Waals surface area contributed by atoms with Gasteiger partial charge < -0.3 is 5.32 Å². The third-order valence-electron chi connectivity index (χ3n) is 3.33. The highest BCUT2D eigenvalue weighted by Crippen LogP contribution is 2.18. The number of hydrogen-bond acceptors (Lipinski definition) is 4. The highest BCUT2D eigenvalue weighted by Gasteiger charge is 2.25. The highest BCUT2D eigenvalue weighted by atomic mass is 32.2. The predicted molar refractivity (Wildman–Crippen MR) is 79.6 cm³/mol. The molecule has 18 heavy (non-hydrogen) atoms. The number of hydrogen-bond donors (Lipinski definition) is 1. The first-order valence-corrected chi connectivity index (χ1v) is 9.82. The molecule has 1 aliphatic rings. The Morgan fingerprint density at radius 2 is 2.22 bits per heavy atom. The molecular weight excluding hydrogens is 268 g/mol. The summed E-state index contributed by atoms with van der Waals surface area (Å²) in [6.07, 6.45) is 5.56. The first kappa shape index (κ1) is 16.3. The van der Waals surface area contributed by atoms with Gasteiger partial charge in [-0.2, -0.15) is 11.8 Å². The average Bonchev–Trinajstić information content (AvgIpc) is 2.29. The standard InChI is InChI=1S/C12H26N2O2S2/c1-11(10-17-2)7-13-8-12-5-4-6-14(9-12)18(3,15)16/h11-13H,4-10H2,1-3H3. The molecule has 4 nitrogen and oxygen atoms in total. The van der Waals surface area contributed by atoms with Crippen molar-refractivity contribution in [1.29, 1.82) is 0 Å². The lowest BCUT2D eigenvalue weighted by molar-refractivity contribution is 0.259. The molecule has 1 fully saturated rings. The SMILES string of the molecule is CSCC(C)CNCC1CCCN(S(C)(=O)=O)C1. The van der Waals surface area contributed by atoms with Gasteiger partial charge in [0.15, 0.2) is 0 Å². The highest BCUT2D eigenvalue weighted by molar-refractivity contribution is 7.98. The van der Waals surface area contributed by atoms with Crippen LogP contribution in [0.2, 0.25) is 0 Å². The summed E-state index contributed by atoms with van der Waals surface area (Å²) in [5.74, 6) is 2.32. The number of sulfonamides is 1. The minimum absolute atomic E-state index is 0.468. The first-order valence-electron chi connectivity index (χ1n) is 6.58. The van der Waals surface area contributed by atoms with Crippen LogP contribution in [0, 0.1) is 11.8 Å². The van der Waals surface area contributed by atoms with Gasteiger partial charge >= 0.3 is 0 Å². The molecule has 0 saturated carbocycles. The fourth-order valence-corrected chi connectivity index (χ4v) is 4.00. The van der Waals surface area contributed by atoms with Crippen LogP contribution in [0.4, 0.5) is 0 Å². The maximum Gasteiger partial charge on any atom is 0.211 e. The van der Waals surface area contributed by atoms with Gasteiger partial charge in [-0.3, -0.25) is 0 Å². The van der Waals surface area contributed by atoms with Gasteiger partial charge in [-0.1, -0.05) is 6.92 Å². The van der Waals surface area contributed by atoms with Crippen LogP contribution in [-0.2, 0) is 10.0 Å². The summed E-state index contributed by atoms with van der Waals surface area (Å²) in [6.45, 7) is 5.58. The zero-order valence-electron chi connectivity index (χ0n) is 11.7. The molecule has 0 aromatic carbocycles. The summed E-state index contributed by atoms with van der Waals surface area (Å²) < 4.78 is 24.6. The fourth-order valence-electron chi connectivity index (χ4n) is 2.37. The van der Waals surface area contributed by atoms with Crippen molar-refractivity contribution in [3.8, 4) is 0 Å². The molecule has 2 unspecified atom stereocenters. The van der Waals surface area contributed by atoms with Crippen molar-refractivity contribution in [3.05, 3.63) is 0 Å². The summed E-state index contributed by atoms with van der Waals surface area (Å²) >= 11 is 1.87. The van der Waals surface area contributed by atoms with Crippen molar-refractivity contribution in [2.45, 2.75) is 19.8 Å². The second-order valence-corrected chi connectivity index (χ2v) is 8.24. The Morgan fingerprint density at radius 1 is 1.50 bits per heavy atom. The summed E-state index contributed by atoms with van der Waals surface area (Å²) in [7, 11) is -3.01. The second-order valence-electron chi connectivity index (χ2n) is 5.35. The lowest BCUT2D eigenvalue weighted by atomic mass is 9.99. The molecule has 1 aliphatic heterocycles. The van der Waals surface area contributed by atoms with Crippen LogP contribution in [-0.4, -0.2) is 57.2 Å². The number of thioether (sulfide) groups is 1. The van der Waals surface area contributed by atoms with Crippen LogP contribution in [0.1, 0.15) is 19.8 Å². The van der Waals surface area contributed by atoms with Crippen molar-refractivity contribution < 1.29 is 8.42 Å². The second kappa shape index (κ2) is 7.72. The largest absolute Gasteiger partial charge is 0.316 e. The Balaban J connectivity index is 2.26. The Hall–Kier alpha value is 0.220. The summed E-state index contributed by atoms with van der Waals surface area (Å²) in [4.78, 5) is 0. The topological polar surface area (TPSA) is 49.4 Å². The number of nitrogens with one attached hydrogen (secondary N) is 1. The van der Waals surface area contributed by atoms with Crippen molar-refractivity contribution in [3.63, 3.8) is 0 Å². The molecule has 2 atom stereocenters. The molecule has 0 bridgehead atoms. The molecule has 0 radical (unpaired) electrons. The molecule has 0 spiro atoms. The molecule has 1 N–H and O–H groups in total. The van der Waals surface area contributed by atoms with E-state index in [-0.39, 0.29) is 0 Å². The van der Waals surface area contributed by atoms with Crippen molar-refractivity contribution >= 4 is 21.8 Å². The average molecular weight is 294 g/mol. The summed E-state index contributed by atoms with van der Waals surface area (Å²) in [6, 6.07) is 0.